The molecule has 0 bridgehead atoms. The van der Waals surface area contributed by atoms with Crippen LogP contribution in [-0.2, 0) is 13.1 Å². The quantitative estimate of drug-likeness (QED) is 0.811. The first-order chi connectivity index (χ1) is 10.3. The summed E-state index contributed by atoms with van der Waals surface area (Å²) >= 11 is 0. The van der Waals surface area contributed by atoms with Gasteiger partial charge in [-0.05, 0) is 51.9 Å². The lowest BCUT2D eigenvalue weighted by molar-refractivity contribution is 0.199. The van der Waals surface area contributed by atoms with Crippen LogP contribution in [0.25, 0.3) is 0 Å². The molecule has 1 aromatic heterocycles. The van der Waals surface area contributed by atoms with E-state index in [2.05, 4.69) is 33.3 Å². The number of fused-ring (bicyclic) bond motifs is 1. The zero-order valence-electron chi connectivity index (χ0n) is 13.2. The molecule has 21 heavy (non-hydrogen) atoms. The van der Waals surface area contributed by atoms with E-state index in [1.54, 1.807) is 0 Å². The van der Waals surface area contributed by atoms with Crippen molar-refractivity contribution in [3.63, 3.8) is 0 Å². The van der Waals surface area contributed by atoms with E-state index >= 15 is 0 Å². The summed E-state index contributed by atoms with van der Waals surface area (Å²) in [6.45, 7) is 9.86. The van der Waals surface area contributed by atoms with Crippen LogP contribution in [0, 0.1) is 0 Å². The predicted molar refractivity (Wildman–Crippen MR) is 83.0 cm³/mol. The van der Waals surface area contributed by atoms with Gasteiger partial charge in [0, 0.05) is 25.2 Å². The topological polar surface area (TPSA) is 44.5 Å². The first-order valence-electron chi connectivity index (χ1n) is 8.46. The third-order valence-corrected chi connectivity index (χ3v) is 4.61. The van der Waals surface area contributed by atoms with Crippen LogP contribution in [0.2, 0.25) is 0 Å². The highest BCUT2D eigenvalue weighted by molar-refractivity contribution is 5.05. The lowest BCUT2D eigenvalue weighted by Crippen LogP contribution is -2.36. The van der Waals surface area contributed by atoms with Crippen molar-refractivity contribution >= 4 is 0 Å². The Hall–Kier alpha value is -0.910. The van der Waals surface area contributed by atoms with E-state index in [0.29, 0.717) is 0 Å². The van der Waals surface area contributed by atoms with Crippen molar-refractivity contribution in [3.05, 3.63) is 17.5 Å². The van der Waals surface area contributed by atoms with Gasteiger partial charge in [0.1, 0.15) is 0 Å². The van der Waals surface area contributed by atoms with Crippen LogP contribution in [0.1, 0.15) is 44.1 Å². The van der Waals surface area contributed by atoms with E-state index in [1.165, 1.54) is 45.4 Å². The highest BCUT2D eigenvalue weighted by atomic mass is 16.5. The Morgan fingerprint density at radius 1 is 1.33 bits per heavy atom. The molecule has 5 nitrogen and oxygen atoms in total. The molecule has 3 rings (SSSR count). The van der Waals surface area contributed by atoms with Crippen molar-refractivity contribution in [1.82, 2.24) is 20.3 Å². The van der Waals surface area contributed by atoms with Crippen molar-refractivity contribution in [2.75, 3.05) is 32.7 Å². The second-order valence-corrected chi connectivity index (χ2v) is 6.38. The number of aromatic nitrogens is 1. The van der Waals surface area contributed by atoms with Crippen molar-refractivity contribution < 1.29 is 4.52 Å². The van der Waals surface area contributed by atoms with Gasteiger partial charge in [0.2, 0.25) is 0 Å². The third-order valence-electron chi connectivity index (χ3n) is 4.61. The summed E-state index contributed by atoms with van der Waals surface area (Å²) in [6, 6.07) is 2.88. The molecular weight excluding hydrogens is 264 g/mol. The van der Waals surface area contributed by atoms with E-state index in [9.17, 15) is 0 Å². The summed E-state index contributed by atoms with van der Waals surface area (Å²) in [5.74, 6) is 1.01. The fourth-order valence-electron chi connectivity index (χ4n) is 3.55. The largest absolute Gasteiger partial charge is 0.360 e. The Labute approximate surface area is 127 Å². The van der Waals surface area contributed by atoms with Crippen LogP contribution in [-0.4, -0.2) is 53.7 Å². The van der Waals surface area contributed by atoms with Crippen molar-refractivity contribution in [2.24, 2.45) is 0 Å². The lowest BCUT2D eigenvalue weighted by atomic mass is 10.2. The lowest BCUT2D eigenvalue weighted by Gasteiger charge is -2.24. The number of nitrogens with zero attached hydrogens (tertiary/aromatic N) is 3. The van der Waals surface area contributed by atoms with Crippen LogP contribution in [0.5, 0.6) is 0 Å². The summed E-state index contributed by atoms with van der Waals surface area (Å²) in [5.41, 5.74) is 1.02. The van der Waals surface area contributed by atoms with Crippen molar-refractivity contribution in [1.29, 1.82) is 0 Å². The second kappa shape index (κ2) is 7.38. The molecule has 1 unspecified atom stereocenters. The Kier molecular flexibility index (Phi) is 5.27. The Balaban J connectivity index is 1.51. The highest BCUT2D eigenvalue weighted by Crippen LogP contribution is 2.22. The van der Waals surface area contributed by atoms with E-state index < -0.39 is 0 Å². The van der Waals surface area contributed by atoms with Crippen LogP contribution in [0.3, 0.4) is 0 Å². The zero-order chi connectivity index (χ0) is 14.5. The molecule has 0 saturated carbocycles. The molecule has 2 aliphatic heterocycles. The van der Waals surface area contributed by atoms with Gasteiger partial charge in [-0.15, -0.1) is 0 Å². The predicted octanol–water partition coefficient (Wildman–Crippen LogP) is 1.84. The summed E-state index contributed by atoms with van der Waals surface area (Å²) in [4.78, 5) is 5.21. The van der Waals surface area contributed by atoms with Gasteiger partial charge in [0.25, 0.3) is 0 Å². The van der Waals surface area contributed by atoms with Crippen LogP contribution < -0.4 is 5.32 Å². The van der Waals surface area contributed by atoms with Crippen LogP contribution >= 0.6 is 0 Å². The van der Waals surface area contributed by atoms with Gasteiger partial charge in [-0.2, -0.15) is 0 Å². The number of hydrogen-bond donors (Lipinski definition) is 1. The fraction of sp³-hybridized carbons (Fsp3) is 0.812. The molecule has 0 radical (unpaired) electrons. The summed E-state index contributed by atoms with van der Waals surface area (Å²) in [6.07, 6.45) is 5.15. The van der Waals surface area contributed by atoms with Gasteiger partial charge < -0.3 is 9.84 Å². The van der Waals surface area contributed by atoms with Crippen molar-refractivity contribution in [2.45, 2.75) is 51.7 Å². The molecular formula is C16H28N4O. The minimum absolute atomic E-state index is 0.765. The maximum atomic E-state index is 5.50. The first-order valence-corrected chi connectivity index (χ1v) is 8.46. The van der Waals surface area contributed by atoms with Crippen molar-refractivity contribution in [3.8, 4) is 0 Å². The van der Waals surface area contributed by atoms with Gasteiger partial charge in [-0.1, -0.05) is 12.1 Å². The molecule has 1 aromatic rings. The standard InChI is InChI=1S/C16H28N4O/c1-2-6-17-11-14-10-16(21-18-14)13-19-7-4-9-20-8-3-5-15(20)12-19/h10,15,17H,2-9,11-13H2,1H3. The number of hydrogen-bond acceptors (Lipinski definition) is 5. The van der Waals surface area contributed by atoms with Gasteiger partial charge >= 0.3 is 0 Å². The molecule has 1 atom stereocenters. The second-order valence-electron chi connectivity index (χ2n) is 6.38. The molecule has 2 aliphatic rings. The molecule has 1 N–H and O–H groups in total. The Bertz CT molecular complexity index is 434. The molecule has 5 heteroatoms. The molecule has 0 spiro atoms. The molecule has 118 valence electrons. The smallest absolute Gasteiger partial charge is 0.151 e. The maximum absolute atomic E-state index is 5.50. The minimum Gasteiger partial charge on any atom is -0.360 e. The summed E-state index contributed by atoms with van der Waals surface area (Å²) in [5, 5.41) is 7.53. The Morgan fingerprint density at radius 2 is 2.24 bits per heavy atom. The molecule has 0 aliphatic carbocycles. The summed E-state index contributed by atoms with van der Waals surface area (Å²) < 4.78 is 5.50. The van der Waals surface area contributed by atoms with E-state index in [1.807, 2.05) is 0 Å². The first kappa shape index (κ1) is 15.0. The third kappa shape index (κ3) is 4.05. The van der Waals surface area contributed by atoms with Gasteiger partial charge in [0.05, 0.1) is 12.2 Å². The molecule has 0 aromatic carbocycles. The summed E-state index contributed by atoms with van der Waals surface area (Å²) in [7, 11) is 0. The molecule has 2 saturated heterocycles. The zero-order valence-corrected chi connectivity index (χ0v) is 13.2. The van der Waals surface area contributed by atoms with E-state index in [-0.39, 0.29) is 0 Å². The maximum Gasteiger partial charge on any atom is 0.151 e. The Morgan fingerprint density at radius 3 is 3.14 bits per heavy atom. The van der Waals surface area contributed by atoms with Crippen LogP contribution in [0.15, 0.2) is 10.6 Å². The molecule has 3 heterocycles. The van der Waals surface area contributed by atoms with E-state index in [4.69, 9.17) is 4.52 Å². The average Bonchev–Trinajstić information content (AvgIpc) is 3.06. The van der Waals surface area contributed by atoms with Crippen LogP contribution in [0.4, 0.5) is 0 Å². The molecule has 2 fully saturated rings. The normalized spacial score (nSPS) is 24.1. The number of rotatable bonds is 6. The van der Waals surface area contributed by atoms with Gasteiger partial charge in [-0.25, -0.2) is 0 Å². The van der Waals surface area contributed by atoms with E-state index in [0.717, 1.165) is 43.6 Å². The molecule has 0 amide bonds. The average molecular weight is 292 g/mol. The fourth-order valence-corrected chi connectivity index (χ4v) is 3.55. The monoisotopic (exact) mass is 292 g/mol. The SMILES string of the molecule is CCCNCc1cc(CN2CCCN3CCCC3C2)on1. The van der Waals surface area contributed by atoms with Gasteiger partial charge in [0.15, 0.2) is 5.76 Å². The van der Waals surface area contributed by atoms with Gasteiger partial charge in [-0.3, -0.25) is 9.80 Å². The minimum atomic E-state index is 0.765. The number of nitrogens with one attached hydrogen (secondary N) is 1. The highest BCUT2D eigenvalue weighted by Gasteiger charge is 2.28.